The highest BCUT2D eigenvalue weighted by Gasteiger charge is 2.32. The SMILES string of the molecule is O=C(N[C@@H]1c2cc(CNCc3ccc(-c4ccccc4)cc3)ccc2C[C@H]1O)c1ccc(-c2ccccc2)cc1. The Bertz CT molecular complexity index is 1580. The standard InChI is InChI=1S/C36H32N2O2/c39-34-22-32-16-13-26(24-37-23-25-11-14-29(15-12-25)27-7-3-1-4-8-27)21-33(32)35(34)38-36(40)31-19-17-30(18-20-31)28-9-5-2-6-10-28/h1-21,34-35,37,39H,22-24H2,(H,38,40)/t34-,35-/m1/s1. The van der Waals surface area contributed by atoms with E-state index in [0.29, 0.717) is 18.5 Å². The summed E-state index contributed by atoms with van der Waals surface area (Å²) in [6, 6.07) is 42.6. The Morgan fingerprint density at radius 2 is 1.18 bits per heavy atom. The van der Waals surface area contributed by atoms with Gasteiger partial charge in [0.1, 0.15) is 0 Å². The summed E-state index contributed by atoms with van der Waals surface area (Å²) in [4.78, 5) is 13.1. The summed E-state index contributed by atoms with van der Waals surface area (Å²) >= 11 is 0. The van der Waals surface area contributed by atoms with Crippen LogP contribution >= 0.6 is 0 Å². The first-order chi connectivity index (χ1) is 19.6. The first kappa shape index (κ1) is 25.8. The van der Waals surface area contributed by atoms with Gasteiger partial charge in [-0.3, -0.25) is 4.79 Å². The van der Waals surface area contributed by atoms with Gasteiger partial charge in [-0.05, 0) is 56.6 Å². The highest BCUT2D eigenvalue weighted by atomic mass is 16.3. The highest BCUT2D eigenvalue weighted by molar-refractivity contribution is 5.95. The van der Waals surface area contributed by atoms with Gasteiger partial charge in [-0.2, -0.15) is 0 Å². The Morgan fingerprint density at radius 3 is 1.80 bits per heavy atom. The van der Waals surface area contributed by atoms with Crippen LogP contribution in [0.25, 0.3) is 22.3 Å². The Labute approximate surface area is 235 Å². The summed E-state index contributed by atoms with van der Waals surface area (Å²) in [5.74, 6) is -0.181. The van der Waals surface area contributed by atoms with Crippen molar-refractivity contribution in [3.05, 3.63) is 155 Å². The molecule has 5 aromatic rings. The number of benzene rings is 5. The lowest BCUT2D eigenvalue weighted by Gasteiger charge is -2.19. The quantitative estimate of drug-likeness (QED) is 0.212. The monoisotopic (exact) mass is 524 g/mol. The Kier molecular flexibility index (Phi) is 7.53. The lowest BCUT2D eigenvalue weighted by Crippen LogP contribution is -2.33. The van der Waals surface area contributed by atoms with Crippen LogP contribution in [0.5, 0.6) is 0 Å². The minimum Gasteiger partial charge on any atom is -0.390 e. The van der Waals surface area contributed by atoms with Crippen LogP contribution in [0, 0.1) is 0 Å². The number of rotatable bonds is 8. The molecule has 0 spiro atoms. The molecule has 0 aromatic heterocycles. The zero-order valence-corrected chi connectivity index (χ0v) is 22.3. The van der Waals surface area contributed by atoms with E-state index >= 15 is 0 Å². The van der Waals surface area contributed by atoms with Crippen LogP contribution in [-0.2, 0) is 19.5 Å². The van der Waals surface area contributed by atoms with E-state index in [2.05, 4.69) is 89.5 Å². The molecule has 0 unspecified atom stereocenters. The first-order valence-electron chi connectivity index (χ1n) is 13.8. The summed E-state index contributed by atoms with van der Waals surface area (Å²) in [6.07, 6.45) is -0.108. The molecule has 2 atom stereocenters. The maximum atomic E-state index is 13.1. The van der Waals surface area contributed by atoms with Crippen LogP contribution in [0.2, 0.25) is 0 Å². The molecule has 40 heavy (non-hydrogen) atoms. The van der Waals surface area contributed by atoms with Crippen molar-refractivity contribution in [3.63, 3.8) is 0 Å². The van der Waals surface area contributed by atoms with Gasteiger partial charge in [-0.15, -0.1) is 0 Å². The maximum Gasteiger partial charge on any atom is 0.251 e. The molecule has 1 aliphatic carbocycles. The van der Waals surface area contributed by atoms with Gasteiger partial charge in [-0.1, -0.05) is 115 Å². The average Bonchev–Trinajstić information content (AvgIpc) is 3.32. The van der Waals surface area contributed by atoms with E-state index in [4.69, 9.17) is 0 Å². The Balaban J connectivity index is 1.08. The summed E-state index contributed by atoms with van der Waals surface area (Å²) in [6.45, 7) is 1.46. The van der Waals surface area contributed by atoms with Crippen molar-refractivity contribution >= 4 is 5.91 Å². The van der Waals surface area contributed by atoms with Gasteiger partial charge in [0, 0.05) is 25.1 Å². The van der Waals surface area contributed by atoms with Crippen LogP contribution in [0.3, 0.4) is 0 Å². The van der Waals surface area contributed by atoms with Gasteiger partial charge in [-0.25, -0.2) is 0 Å². The zero-order chi connectivity index (χ0) is 27.3. The predicted octanol–water partition coefficient (Wildman–Crippen LogP) is 6.70. The second-order valence-electron chi connectivity index (χ2n) is 10.4. The van der Waals surface area contributed by atoms with Crippen molar-refractivity contribution in [1.82, 2.24) is 10.6 Å². The molecule has 198 valence electrons. The molecule has 0 radical (unpaired) electrons. The third-order valence-corrected chi connectivity index (χ3v) is 7.62. The Morgan fingerprint density at radius 1 is 0.650 bits per heavy atom. The van der Waals surface area contributed by atoms with Crippen molar-refractivity contribution in [2.75, 3.05) is 0 Å². The van der Waals surface area contributed by atoms with Gasteiger partial charge >= 0.3 is 0 Å². The molecule has 1 amide bonds. The van der Waals surface area contributed by atoms with E-state index in [-0.39, 0.29) is 5.91 Å². The minimum atomic E-state index is -0.645. The van der Waals surface area contributed by atoms with Crippen molar-refractivity contribution in [2.45, 2.75) is 31.7 Å². The predicted molar refractivity (Wildman–Crippen MR) is 161 cm³/mol. The molecule has 0 fully saturated rings. The number of amides is 1. The van der Waals surface area contributed by atoms with Gasteiger partial charge in [0.15, 0.2) is 0 Å². The zero-order valence-electron chi connectivity index (χ0n) is 22.3. The lowest BCUT2D eigenvalue weighted by molar-refractivity contribution is 0.0858. The van der Waals surface area contributed by atoms with Crippen molar-refractivity contribution < 1.29 is 9.90 Å². The molecule has 4 heteroatoms. The molecule has 5 aromatic carbocycles. The number of aliphatic hydroxyl groups excluding tert-OH is 1. The van der Waals surface area contributed by atoms with Gasteiger partial charge in [0.05, 0.1) is 12.1 Å². The summed E-state index contributed by atoms with van der Waals surface area (Å²) in [5, 5.41) is 17.4. The van der Waals surface area contributed by atoms with Crippen molar-refractivity contribution in [2.24, 2.45) is 0 Å². The molecule has 0 aliphatic heterocycles. The number of hydrogen-bond acceptors (Lipinski definition) is 3. The highest BCUT2D eigenvalue weighted by Crippen LogP contribution is 2.33. The van der Waals surface area contributed by atoms with E-state index in [1.165, 1.54) is 16.7 Å². The molecule has 0 saturated carbocycles. The van der Waals surface area contributed by atoms with Crippen molar-refractivity contribution in [3.8, 4) is 22.3 Å². The number of fused-ring (bicyclic) bond motifs is 1. The van der Waals surface area contributed by atoms with Gasteiger partial charge in [0.25, 0.3) is 5.91 Å². The number of carbonyl (C=O) groups is 1. The summed E-state index contributed by atoms with van der Waals surface area (Å²) in [5.41, 5.74) is 9.60. The summed E-state index contributed by atoms with van der Waals surface area (Å²) in [7, 11) is 0. The number of hydrogen-bond donors (Lipinski definition) is 3. The minimum absolute atomic E-state index is 0.181. The van der Waals surface area contributed by atoms with Gasteiger partial charge < -0.3 is 15.7 Å². The third kappa shape index (κ3) is 5.74. The van der Waals surface area contributed by atoms with Crippen LogP contribution in [0.15, 0.2) is 127 Å². The van der Waals surface area contributed by atoms with Crippen LogP contribution in [-0.4, -0.2) is 17.1 Å². The largest absolute Gasteiger partial charge is 0.390 e. The fourth-order valence-electron chi connectivity index (χ4n) is 5.42. The fourth-order valence-corrected chi connectivity index (χ4v) is 5.42. The molecule has 4 nitrogen and oxygen atoms in total. The second kappa shape index (κ2) is 11.7. The lowest BCUT2D eigenvalue weighted by atomic mass is 10.0. The topological polar surface area (TPSA) is 61.4 Å². The number of aliphatic hydroxyl groups is 1. The smallest absolute Gasteiger partial charge is 0.251 e. The number of carbonyl (C=O) groups excluding carboxylic acids is 1. The average molecular weight is 525 g/mol. The van der Waals surface area contributed by atoms with Crippen LogP contribution in [0.1, 0.15) is 38.7 Å². The van der Waals surface area contributed by atoms with Crippen LogP contribution < -0.4 is 10.6 Å². The molecule has 0 saturated heterocycles. The third-order valence-electron chi connectivity index (χ3n) is 7.62. The first-order valence-corrected chi connectivity index (χ1v) is 13.8. The van der Waals surface area contributed by atoms with E-state index in [1.54, 1.807) is 0 Å². The van der Waals surface area contributed by atoms with E-state index in [1.807, 2.05) is 48.5 Å². The number of nitrogens with one attached hydrogen (secondary N) is 2. The molecular formula is C36H32N2O2. The van der Waals surface area contributed by atoms with E-state index in [0.717, 1.165) is 34.4 Å². The van der Waals surface area contributed by atoms with Crippen LogP contribution in [0.4, 0.5) is 0 Å². The summed E-state index contributed by atoms with van der Waals surface area (Å²) < 4.78 is 0. The molecule has 0 bridgehead atoms. The molecular weight excluding hydrogens is 492 g/mol. The Hall–Kier alpha value is -4.51. The van der Waals surface area contributed by atoms with Gasteiger partial charge in [0.2, 0.25) is 0 Å². The molecule has 3 N–H and O–H groups in total. The molecule has 1 aliphatic rings. The maximum absolute atomic E-state index is 13.1. The van der Waals surface area contributed by atoms with E-state index < -0.39 is 12.1 Å². The fraction of sp³-hybridized carbons (Fsp3) is 0.139. The molecule has 0 heterocycles. The van der Waals surface area contributed by atoms with E-state index in [9.17, 15) is 9.90 Å². The second-order valence-corrected chi connectivity index (χ2v) is 10.4. The molecule has 6 rings (SSSR count). The normalized spacial score (nSPS) is 15.9. The van der Waals surface area contributed by atoms with Crippen molar-refractivity contribution in [1.29, 1.82) is 0 Å².